The van der Waals surface area contributed by atoms with Crippen LogP contribution in [-0.2, 0) is 19.1 Å². The van der Waals surface area contributed by atoms with Gasteiger partial charge in [0.15, 0.2) is 0 Å². The summed E-state index contributed by atoms with van der Waals surface area (Å²) in [5.74, 6) is -2.24. The first kappa shape index (κ1) is 19.3. The fourth-order valence-electron chi connectivity index (χ4n) is 2.58. The normalized spacial score (nSPS) is 15.2. The molecular formula is C18H20N2O6. The van der Waals surface area contributed by atoms with Gasteiger partial charge in [0.1, 0.15) is 0 Å². The number of nitrogens with one attached hydrogen (secondary N) is 1. The van der Waals surface area contributed by atoms with Gasteiger partial charge in [0.05, 0.1) is 30.9 Å². The van der Waals surface area contributed by atoms with Crippen molar-refractivity contribution in [3.63, 3.8) is 0 Å². The van der Waals surface area contributed by atoms with E-state index in [-0.39, 0.29) is 19.8 Å². The number of amides is 3. The predicted octanol–water partition coefficient (Wildman–Crippen LogP) is 0.881. The molecule has 1 atom stereocenters. The lowest BCUT2D eigenvalue weighted by molar-refractivity contribution is -0.172. The van der Waals surface area contributed by atoms with Crippen molar-refractivity contribution < 1.29 is 28.7 Å². The number of fused-ring (bicyclic) bond motifs is 1. The Bertz CT molecular complexity index is 725. The maximum atomic E-state index is 12.3. The van der Waals surface area contributed by atoms with E-state index in [1.807, 2.05) is 0 Å². The van der Waals surface area contributed by atoms with Crippen LogP contribution in [0.5, 0.6) is 0 Å². The molecule has 1 N–H and O–H groups in total. The summed E-state index contributed by atoms with van der Waals surface area (Å²) in [5, 5.41) is 2.35. The lowest BCUT2D eigenvalue weighted by Gasteiger charge is -2.29. The van der Waals surface area contributed by atoms with Gasteiger partial charge in [0.25, 0.3) is 17.5 Å². The fourth-order valence-corrected chi connectivity index (χ4v) is 2.58. The van der Waals surface area contributed by atoms with Gasteiger partial charge in [-0.3, -0.25) is 19.3 Å². The Labute approximate surface area is 150 Å². The van der Waals surface area contributed by atoms with Crippen LogP contribution in [0.25, 0.3) is 0 Å². The lowest BCUT2D eigenvalue weighted by atomic mass is 10.1. The third-order valence-corrected chi connectivity index (χ3v) is 3.75. The quantitative estimate of drug-likeness (QED) is 0.320. The second-order valence-corrected chi connectivity index (χ2v) is 5.50. The van der Waals surface area contributed by atoms with Crippen LogP contribution in [0.15, 0.2) is 36.9 Å². The molecule has 0 spiro atoms. The zero-order valence-corrected chi connectivity index (χ0v) is 14.6. The minimum atomic E-state index is -1.89. The molecule has 1 heterocycles. The molecule has 0 radical (unpaired) electrons. The molecule has 1 aromatic carbocycles. The Balaban J connectivity index is 2.09. The number of hydrogen-bond acceptors (Lipinski definition) is 6. The summed E-state index contributed by atoms with van der Waals surface area (Å²) in [7, 11) is 0. The Hall–Kier alpha value is -3.00. The van der Waals surface area contributed by atoms with Crippen LogP contribution in [0.4, 0.5) is 0 Å². The third kappa shape index (κ3) is 3.65. The van der Waals surface area contributed by atoms with Gasteiger partial charge in [0, 0.05) is 6.92 Å². The van der Waals surface area contributed by atoms with Crippen LogP contribution in [0.2, 0.25) is 0 Å². The van der Waals surface area contributed by atoms with E-state index in [4.69, 9.17) is 9.47 Å². The Morgan fingerprint density at radius 2 is 1.81 bits per heavy atom. The Kier molecular flexibility index (Phi) is 5.89. The van der Waals surface area contributed by atoms with Crippen LogP contribution in [0.1, 0.15) is 34.6 Å². The molecule has 1 aliphatic rings. The maximum absolute atomic E-state index is 12.3. The first-order valence-electron chi connectivity index (χ1n) is 8.05. The van der Waals surface area contributed by atoms with E-state index in [2.05, 4.69) is 11.9 Å². The molecular weight excluding hydrogens is 340 g/mol. The molecule has 138 valence electrons. The van der Waals surface area contributed by atoms with Crippen LogP contribution in [0, 0.1) is 0 Å². The highest BCUT2D eigenvalue weighted by atomic mass is 16.6. The molecule has 0 saturated carbocycles. The van der Waals surface area contributed by atoms with Gasteiger partial charge in [-0.15, -0.1) is 0 Å². The summed E-state index contributed by atoms with van der Waals surface area (Å²) >= 11 is 0. The van der Waals surface area contributed by atoms with Crippen molar-refractivity contribution in [1.82, 2.24) is 10.2 Å². The number of benzene rings is 1. The van der Waals surface area contributed by atoms with Crippen molar-refractivity contribution in [3.05, 3.63) is 48.0 Å². The molecule has 8 heteroatoms. The van der Waals surface area contributed by atoms with Crippen LogP contribution in [0.3, 0.4) is 0 Å². The molecule has 26 heavy (non-hydrogen) atoms. The number of rotatable bonds is 8. The van der Waals surface area contributed by atoms with E-state index in [1.54, 1.807) is 31.2 Å². The highest BCUT2D eigenvalue weighted by molar-refractivity contribution is 6.21. The minimum Gasteiger partial charge on any atom is -0.462 e. The molecule has 1 unspecified atom stereocenters. The smallest absolute Gasteiger partial charge is 0.364 e. The Morgan fingerprint density at radius 3 is 2.27 bits per heavy atom. The molecule has 0 aromatic heterocycles. The summed E-state index contributed by atoms with van der Waals surface area (Å²) in [4.78, 5) is 49.3. The van der Waals surface area contributed by atoms with Crippen molar-refractivity contribution in [3.8, 4) is 0 Å². The highest BCUT2D eigenvalue weighted by Crippen LogP contribution is 2.22. The SMILES string of the molecule is C=CC(NC(C)=O)(OCCN1C(=O)c2ccccc2C1=O)C(=O)OCC. The first-order valence-corrected chi connectivity index (χ1v) is 8.05. The minimum absolute atomic E-state index is 0.0791. The van der Waals surface area contributed by atoms with Crippen molar-refractivity contribution in [2.45, 2.75) is 19.6 Å². The van der Waals surface area contributed by atoms with Crippen molar-refractivity contribution >= 4 is 23.7 Å². The number of esters is 1. The van der Waals surface area contributed by atoms with Gasteiger partial charge in [0.2, 0.25) is 5.91 Å². The highest BCUT2D eigenvalue weighted by Gasteiger charge is 2.40. The lowest BCUT2D eigenvalue weighted by Crippen LogP contribution is -2.56. The average Bonchev–Trinajstić information content (AvgIpc) is 2.86. The second kappa shape index (κ2) is 7.92. The third-order valence-electron chi connectivity index (χ3n) is 3.75. The average molecular weight is 360 g/mol. The zero-order valence-electron chi connectivity index (χ0n) is 14.6. The van der Waals surface area contributed by atoms with Gasteiger partial charge in [-0.2, -0.15) is 0 Å². The second-order valence-electron chi connectivity index (χ2n) is 5.50. The number of imide groups is 1. The number of hydrogen-bond donors (Lipinski definition) is 1. The van der Waals surface area contributed by atoms with E-state index in [9.17, 15) is 19.2 Å². The molecule has 3 amide bonds. The topological polar surface area (TPSA) is 102 Å². The predicted molar refractivity (Wildman–Crippen MR) is 91.1 cm³/mol. The molecule has 1 aromatic rings. The van der Waals surface area contributed by atoms with E-state index in [1.165, 1.54) is 6.92 Å². The number of ether oxygens (including phenoxy) is 2. The molecule has 0 fully saturated rings. The molecule has 8 nitrogen and oxygen atoms in total. The van der Waals surface area contributed by atoms with Gasteiger partial charge in [-0.25, -0.2) is 4.79 Å². The molecule has 2 rings (SSSR count). The van der Waals surface area contributed by atoms with Gasteiger partial charge in [-0.05, 0) is 25.1 Å². The van der Waals surface area contributed by atoms with Crippen LogP contribution in [-0.4, -0.2) is 54.1 Å². The largest absolute Gasteiger partial charge is 0.462 e. The van der Waals surface area contributed by atoms with Crippen LogP contribution >= 0.6 is 0 Å². The van der Waals surface area contributed by atoms with Gasteiger partial charge >= 0.3 is 5.97 Å². The molecule has 0 saturated heterocycles. The molecule has 0 bridgehead atoms. The van der Waals surface area contributed by atoms with E-state index < -0.39 is 29.4 Å². The standard InChI is InChI=1S/C18H20N2O6/c1-4-18(19-12(3)21,17(24)25-5-2)26-11-10-20-15(22)13-8-6-7-9-14(13)16(20)23/h4,6-9H,1,5,10-11H2,2-3H3,(H,19,21). The zero-order chi connectivity index (χ0) is 19.3. The summed E-state index contributed by atoms with van der Waals surface area (Å²) in [6.07, 6.45) is 1.11. The van der Waals surface area contributed by atoms with Gasteiger partial charge < -0.3 is 14.8 Å². The summed E-state index contributed by atoms with van der Waals surface area (Å²) < 4.78 is 10.4. The van der Waals surface area contributed by atoms with Crippen molar-refractivity contribution in [2.24, 2.45) is 0 Å². The summed E-state index contributed by atoms with van der Waals surface area (Å²) in [6.45, 7) is 6.12. The van der Waals surface area contributed by atoms with Crippen LogP contribution < -0.4 is 5.32 Å². The number of nitrogens with zero attached hydrogens (tertiary/aromatic N) is 1. The monoisotopic (exact) mass is 360 g/mol. The first-order chi connectivity index (χ1) is 12.4. The maximum Gasteiger partial charge on any atom is 0.364 e. The fraction of sp³-hybridized carbons (Fsp3) is 0.333. The van der Waals surface area contributed by atoms with Gasteiger partial charge in [-0.1, -0.05) is 18.7 Å². The van der Waals surface area contributed by atoms with Crippen molar-refractivity contribution in [2.75, 3.05) is 19.8 Å². The van der Waals surface area contributed by atoms with Crippen molar-refractivity contribution in [1.29, 1.82) is 0 Å². The number of carbonyl (C=O) groups is 4. The number of carbonyl (C=O) groups excluding carboxylic acids is 4. The van der Waals surface area contributed by atoms with E-state index in [0.717, 1.165) is 11.0 Å². The molecule has 0 aliphatic carbocycles. The van der Waals surface area contributed by atoms with E-state index in [0.29, 0.717) is 11.1 Å². The summed E-state index contributed by atoms with van der Waals surface area (Å²) in [6, 6.07) is 6.48. The summed E-state index contributed by atoms with van der Waals surface area (Å²) in [5.41, 5.74) is -1.25. The molecule has 1 aliphatic heterocycles. The Morgan fingerprint density at radius 1 is 1.23 bits per heavy atom. The van der Waals surface area contributed by atoms with E-state index >= 15 is 0 Å².